The van der Waals surface area contributed by atoms with Crippen LogP contribution in [0.4, 0.5) is 10.5 Å². The summed E-state index contributed by atoms with van der Waals surface area (Å²) in [5.41, 5.74) is 2.71. The highest BCUT2D eigenvalue weighted by Crippen LogP contribution is 2.16. The van der Waals surface area contributed by atoms with Crippen molar-refractivity contribution < 1.29 is 9.53 Å². The van der Waals surface area contributed by atoms with E-state index in [0.29, 0.717) is 12.5 Å². The van der Waals surface area contributed by atoms with Crippen LogP contribution in [-0.2, 0) is 4.74 Å². The van der Waals surface area contributed by atoms with Crippen molar-refractivity contribution >= 4 is 11.7 Å². The van der Waals surface area contributed by atoms with Gasteiger partial charge in [0.1, 0.15) is 0 Å². The molecule has 3 rings (SSSR count). The quantitative estimate of drug-likeness (QED) is 0.910. The SMILES string of the molecule is Cc1ccnn1-c1cccc(NC(=O)NC[C@H]2CCOC2)c1. The van der Waals surface area contributed by atoms with Crippen LogP contribution in [0.3, 0.4) is 0 Å². The number of aromatic nitrogens is 2. The molecule has 1 fully saturated rings. The molecule has 6 nitrogen and oxygen atoms in total. The topological polar surface area (TPSA) is 68.2 Å². The van der Waals surface area contributed by atoms with Crippen LogP contribution in [0.25, 0.3) is 5.69 Å². The summed E-state index contributed by atoms with van der Waals surface area (Å²) in [6.45, 7) is 4.15. The first-order valence-electron chi connectivity index (χ1n) is 7.46. The average molecular weight is 300 g/mol. The second kappa shape index (κ2) is 6.62. The molecule has 2 aromatic rings. The van der Waals surface area contributed by atoms with Gasteiger partial charge in [-0.25, -0.2) is 9.48 Å². The van der Waals surface area contributed by atoms with Crippen molar-refractivity contribution in [3.05, 3.63) is 42.2 Å². The number of hydrogen-bond acceptors (Lipinski definition) is 3. The van der Waals surface area contributed by atoms with Gasteiger partial charge in [-0.15, -0.1) is 0 Å². The minimum atomic E-state index is -0.193. The van der Waals surface area contributed by atoms with E-state index < -0.39 is 0 Å². The lowest BCUT2D eigenvalue weighted by Gasteiger charge is -2.12. The zero-order valence-electron chi connectivity index (χ0n) is 12.6. The summed E-state index contributed by atoms with van der Waals surface area (Å²) in [5, 5.41) is 10.0. The molecule has 6 heteroatoms. The van der Waals surface area contributed by atoms with E-state index in [1.807, 2.05) is 41.9 Å². The summed E-state index contributed by atoms with van der Waals surface area (Å²) in [4.78, 5) is 11.9. The van der Waals surface area contributed by atoms with E-state index in [9.17, 15) is 4.79 Å². The molecule has 1 saturated heterocycles. The molecule has 2 amide bonds. The lowest BCUT2D eigenvalue weighted by atomic mass is 10.1. The van der Waals surface area contributed by atoms with E-state index >= 15 is 0 Å². The van der Waals surface area contributed by atoms with Crippen molar-refractivity contribution in [2.45, 2.75) is 13.3 Å². The number of aryl methyl sites for hydroxylation is 1. The van der Waals surface area contributed by atoms with Crippen LogP contribution in [0.2, 0.25) is 0 Å². The van der Waals surface area contributed by atoms with E-state index in [1.165, 1.54) is 0 Å². The van der Waals surface area contributed by atoms with E-state index in [1.54, 1.807) is 6.20 Å². The number of amides is 2. The normalized spacial score (nSPS) is 17.4. The number of anilines is 1. The molecule has 0 radical (unpaired) electrons. The third kappa shape index (κ3) is 3.46. The van der Waals surface area contributed by atoms with Gasteiger partial charge in [0.2, 0.25) is 0 Å². The van der Waals surface area contributed by atoms with Crippen molar-refractivity contribution in [1.82, 2.24) is 15.1 Å². The molecule has 0 unspecified atom stereocenters. The summed E-state index contributed by atoms with van der Waals surface area (Å²) in [5.74, 6) is 0.420. The van der Waals surface area contributed by atoms with E-state index in [2.05, 4.69) is 15.7 Å². The van der Waals surface area contributed by atoms with Crippen LogP contribution in [0.1, 0.15) is 12.1 Å². The number of hydrogen-bond donors (Lipinski definition) is 2. The highest BCUT2D eigenvalue weighted by Gasteiger charge is 2.16. The van der Waals surface area contributed by atoms with Gasteiger partial charge in [-0.3, -0.25) is 0 Å². The molecule has 1 aromatic heterocycles. The fourth-order valence-electron chi connectivity index (χ4n) is 2.51. The first kappa shape index (κ1) is 14.6. The van der Waals surface area contributed by atoms with Gasteiger partial charge < -0.3 is 15.4 Å². The lowest BCUT2D eigenvalue weighted by Crippen LogP contribution is -2.33. The Kier molecular flexibility index (Phi) is 4.39. The van der Waals surface area contributed by atoms with Crippen molar-refractivity contribution in [3.63, 3.8) is 0 Å². The molecule has 0 bridgehead atoms. The maximum atomic E-state index is 11.9. The first-order chi connectivity index (χ1) is 10.7. The molecule has 1 atom stereocenters. The smallest absolute Gasteiger partial charge is 0.319 e. The van der Waals surface area contributed by atoms with Gasteiger partial charge >= 0.3 is 6.03 Å². The summed E-state index contributed by atoms with van der Waals surface area (Å²) in [6.07, 6.45) is 2.76. The molecule has 1 aliphatic rings. The van der Waals surface area contributed by atoms with Crippen LogP contribution in [-0.4, -0.2) is 35.6 Å². The molecule has 116 valence electrons. The number of urea groups is 1. The van der Waals surface area contributed by atoms with Crippen molar-refractivity contribution in [2.75, 3.05) is 25.1 Å². The predicted molar refractivity (Wildman–Crippen MR) is 84.2 cm³/mol. The van der Waals surface area contributed by atoms with Gasteiger partial charge in [0.05, 0.1) is 12.3 Å². The van der Waals surface area contributed by atoms with Gasteiger partial charge in [-0.1, -0.05) is 6.07 Å². The van der Waals surface area contributed by atoms with E-state index in [4.69, 9.17) is 4.74 Å². The number of nitrogens with zero attached hydrogens (tertiary/aromatic N) is 2. The number of benzene rings is 1. The van der Waals surface area contributed by atoms with Crippen LogP contribution < -0.4 is 10.6 Å². The Labute approximate surface area is 129 Å². The Morgan fingerprint density at radius 2 is 2.36 bits per heavy atom. The van der Waals surface area contributed by atoms with Crippen molar-refractivity contribution in [2.24, 2.45) is 5.92 Å². The number of nitrogens with one attached hydrogen (secondary N) is 2. The Morgan fingerprint density at radius 1 is 1.45 bits per heavy atom. The number of rotatable bonds is 4. The molecule has 0 saturated carbocycles. The number of ether oxygens (including phenoxy) is 1. The van der Waals surface area contributed by atoms with Crippen LogP contribution >= 0.6 is 0 Å². The minimum absolute atomic E-state index is 0.193. The third-order valence-corrected chi connectivity index (χ3v) is 3.76. The van der Waals surface area contributed by atoms with Crippen molar-refractivity contribution in [1.29, 1.82) is 0 Å². The lowest BCUT2D eigenvalue weighted by molar-refractivity contribution is 0.185. The molecular weight excluding hydrogens is 280 g/mol. The number of carbonyl (C=O) groups excluding carboxylic acids is 1. The molecule has 2 heterocycles. The second-order valence-electron chi connectivity index (χ2n) is 5.50. The average Bonchev–Trinajstić information content (AvgIpc) is 3.16. The Bertz CT molecular complexity index is 647. The van der Waals surface area contributed by atoms with Crippen LogP contribution in [0.5, 0.6) is 0 Å². The highest BCUT2D eigenvalue weighted by molar-refractivity contribution is 5.89. The second-order valence-corrected chi connectivity index (χ2v) is 5.50. The molecule has 0 spiro atoms. The molecule has 1 aromatic carbocycles. The monoisotopic (exact) mass is 300 g/mol. The number of carbonyl (C=O) groups is 1. The van der Waals surface area contributed by atoms with Gasteiger partial charge in [-0.05, 0) is 37.6 Å². The first-order valence-corrected chi connectivity index (χ1v) is 7.46. The maximum Gasteiger partial charge on any atom is 0.319 e. The minimum Gasteiger partial charge on any atom is -0.381 e. The molecule has 0 aliphatic carbocycles. The largest absolute Gasteiger partial charge is 0.381 e. The molecule has 1 aliphatic heterocycles. The standard InChI is InChI=1S/C16H20N4O2/c1-12-5-7-18-20(12)15-4-2-3-14(9-15)19-16(21)17-10-13-6-8-22-11-13/h2-5,7,9,13H,6,8,10-11H2,1H3,(H2,17,19,21)/t13-/m1/s1. The highest BCUT2D eigenvalue weighted by atomic mass is 16.5. The molecular formula is C16H20N4O2. The summed E-state index contributed by atoms with van der Waals surface area (Å²) >= 11 is 0. The molecule has 22 heavy (non-hydrogen) atoms. The predicted octanol–water partition coefficient (Wildman–Crippen LogP) is 2.34. The van der Waals surface area contributed by atoms with E-state index in [-0.39, 0.29) is 6.03 Å². The van der Waals surface area contributed by atoms with Gasteiger partial charge in [0.25, 0.3) is 0 Å². The Morgan fingerprint density at radius 3 is 3.09 bits per heavy atom. The van der Waals surface area contributed by atoms with Crippen LogP contribution in [0, 0.1) is 12.8 Å². The fraction of sp³-hybridized carbons (Fsp3) is 0.375. The summed E-state index contributed by atoms with van der Waals surface area (Å²) in [7, 11) is 0. The van der Waals surface area contributed by atoms with Crippen molar-refractivity contribution in [3.8, 4) is 5.69 Å². The maximum absolute atomic E-state index is 11.9. The Hall–Kier alpha value is -2.34. The summed E-state index contributed by atoms with van der Waals surface area (Å²) in [6, 6.07) is 9.37. The Balaban J connectivity index is 1.60. The third-order valence-electron chi connectivity index (χ3n) is 3.76. The summed E-state index contributed by atoms with van der Waals surface area (Å²) < 4.78 is 7.13. The van der Waals surface area contributed by atoms with Gasteiger partial charge in [-0.2, -0.15) is 5.10 Å². The molecule has 2 N–H and O–H groups in total. The zero-order valence-corrected chi connectivity index (χ0v) is 12.6. The van der Waals surface area contributed by atoms with Crippen LogP contribution in [0.15, 0.2) is 36.5 Å². The zero-order chi connectivity index (χ0) is 15.4. The van der Waals surface area contributed by atoms with Gasteiger partial charge in [0.15, 0.2) is 0 Å². The fourth-order valence-corrected chi connectivity index (χ4v) is 2.51. The van der Waals surface area contributed by atoms with Gasteiger partial charge in [0, 0.05) is 36.6 Å². The van der Waals surface area contributed by atoms with E-state index in [0.717, 1.165) is 36.7 Å².